The number of aliphatic carboxylic acids is 1. The van der Waals surface area contributed by atoms with Crippen LogP contribution in [0.2, 0.25) is 5.02 Å². The molecule has 1 aromatic heterocycles. The van der Waals surface area contributed by atoms with Crippen molar-refractivity contribution in [2.45, 2.75) is 12.8 Å². The normalized spacial score (nSPS) is 10.7. The van der Waals surface area contributed by atoms with E-state index in [2.05, 4.69) is 4.98 Å². The highest BCUT2D eigenvalue weighted by Crippen LogP contribution is 2.33. The number of hydrogen-bond acceptors (Lipinski definition) is 3. The molecule has 0 fully saturated rings. The number of carbonyl (C=O) groups is 1. The number of anilines is 1. The van der Waals surface area contributed by atoms with Crippen molar-refractivity contribution < 1.29 is 18.7 Å². The van der Waals surface area contributed by atoms with Crippen molar-refractivity contribution in [3.8, 4) is 0 Å². The third-order valence-electron chi connectivity index (χ3n) is 1.73. The fraction of sp³-hybridized carbons (Fsp3) is 0.250. The van der Waals surface area contributed by atoms with Gasteiger partial charge in [-0.15, -0.1) is 0 Å². The first-order valence-corrected chi connectivity index (χ1v) is 4.24. The van der Waals surface area contributed by atoms with Gasteiger partial charge in [0.2, 0.25) is 0 Å². The number of pyridine rings is 1. The summed E-state index contributed by atoms with van der Waals surface area (Å²) in [5.41, 5.74) is 4.31. The predicted molar refractivity (Wildman–Crippen MR) is 50.0 cm³/mol. The standard InChI is InChI=1S/C8H7ClF2N2O2/c9-3-2-13-4(1-5(14)15)7(12)6(3)8(10)11/h2,8H,1,12H2,(H,14,15). The molecule has 0 aromatic carbocycles. The van der Waals surface area contributed by atoms with E-state index in [1.54, 1.807) is 0 Å². The first-order valence-electron chi connectivity index (χ1n) is 3.86. The van der Waals surface area contributed by atoms with Crippen LogP contribution in [0.5, 0.6) is 0 Å². The molecule has 0 aliphatic heterocycles. The van der Waals surface area contributed by atoms with Crippen LogP contribution in [0.4, 0.5) is 14.5 Å². The molecule has 7 heteroatoms. The fourth-order valence-electron chi connectivity index (χ4n) is 1.06. The second-order valence-corrected chi connectivity index (χ2v) is 3.16. The average Bonchev–Trinajstić information content (AvgIpc) is 2.09. The number of aromatic nitrogens is 1. The zero-order chi connectivity index (χ0) is 11.6. The molecule has 0 saturated heterocycles. The molecule has 82 valence electrons. The number of nitrogens with zero attached hydrogens (tertiary/aromatic N) is 1. The molecule has 0 amide bonds. The van der Waals surface area contributed by atoms with Crippen molar-refractivity contribution in [3.63, 3.8) is 0 Å². The minimum absolute atomic E-state index is 0.109. The molecule has 0 atom stereocenters. The van der Waals surface area contributed by atoms with Gasteiger partial charge in [0.05, 0.1) is 28.4 Å². The molecule has 0 radical (unpaired) electrons. The number of carboxylic acid groups (broad SMARTS) is 1. The minimum Gasteiger partial charge on any atom is -0.481 e. The van der Waals surface area contributed by atoms with E-state index in [9.17, 15) is 13.6 Å². The molecule has 0 aliphatic rings. The molecule has 0 aliphatic carbocycles. The Morgan fingerprint density at radius 1 is 1.67 bits per heavy atom. The maximum absolute atomic E-state index is 12.5. The van der Waals surface area contributed by atoms with E-state index >= 15 is 0 Å². The zero-order valence-electron chi connectivity index (χ0n) is 7.38. The van der Waals surface area contributed by atoms with E-state index in [1.165, 1.54) is 0 Å². The molecule has 0 unspecified atom stereocenters. The highest BCUT2D eigenvalue weighted by atomic mass is 35.5. The van der Waals surface area contributed by atoms with E-state index in [0.29, 0.717) is 0 Å². The van der Waals surface area contributed by atoms with Crippen LogP contribution in [-0.2, 0) is 11.2 Å². The number of alkyl halides is 2. The van der Waals surface area contributed by atoms with Crippen LogP contribution < -0.4 is 5.73 Å². The number of rotatable bonds is 3. The summed E-state index contributed by atoms with van der Waals surface area (Å²) < 4.78 is 24.9. The average molecular weight is 237 g/mol. The van der Waals surface area contributed by atoms with Gasteiger partial charge in [-0.25, -0.2) is 8.78 Å². The van der Waals surface area contributed by atoms with Gasteiger partial charge in [-0.3, -0.25) is 9.78 Å². The fourth-order valence-corrected chi connectivity index (χ4v) is 1.30. The van der Waals surface area contributed by atoms with Gasteiger partial charge in [-0.05, 0) is 0 Å². The largest absolute Gasteiger partial charge is 0.481 e. The summed E-state index contributed by atoms with van der Waals surface area (Å²) in [6.45, 7) is 0. The van der Waals surface area contributed by atoms with E-state index in [4.69, 9.17) is 22.4 Å². The lowest BCUT2D eigenvalue weighted by Gasteiger charge is -2.09. The van der Waals surface area contributed by atoms with Crippen LogP contribution in [0.1, 0.15) is 17.7 Å². The zero-order valence-corrected chi connectivity index (χ0v) is 8.13. The number of halogens is 3. The Labute approximate surface area is 88.7 Å². The summed E-state index contributed by atoms with van der Waals surface area (Å²) in [5, 5.41) is 8.21. The van der Waals surface area contributed by atoms with Crippen LogP contribution in [0.15, 0.2) is 6.20 Å². The SMILES string of the molecule is Nc1c(CC(=O)O)ncc(Cl)c1C(F)F. The number of hydrogen-bond donors (Lipinski definition) is 2. The Kier molecular flexibility index (Phi) is 3.41. The van der Waals surface area contributed by atoms with Gasteiger partial charge >= 0.3 is 5.97 Å². The van der Waals surface area contributed by atoms with E-state index in [0.717, 1.165) is 6.20 Å². The summed E-state index contributed by atoms with van der Waals surface area (Å²) in [6, 6.07) is 0. The van der Waals surface area contributed by atoms with E-state index in [-0.39, 0.29) is 16.4 Å². The van der Waals surface area contributed by atoms with Crippen molar-refractivity contribution >= 4 is 23.3 Å². The Bertz CT molecular complexity index is 398. The van der Waals surface area contributed by atoms with E-state index in [1.807, 2.05) is 0 Å². The third kappa shape index (κ3) is 2.53. The molecule has 1 rings (SSSR count). The number of nitrogens with two attached hydrogens (primary N) is 1. The summed E-state index contributed by atoms with van der Waals surface area (Å²) >= 11 is 5.46. The second-order valence-electron chi connectivity index (χ2n) is 2.75. The summed E-state index contributed by atoms with van der Waals surface area (Å²) in [7, 11) is 0. The molecule has 4 nitrogen and oxygen atoms in total. The van der Waals surface area contributed by atoms with Crippen LogP contribution in [0.3, 0.4) is 0 Å². The van der Waals surface area contributed by atoms with Crippen molar-refractivity contribution in [2.24, 2.45) is 0 Å². The Morgan fingerprint density at radius 3 is 2.73 bits per heavy atom. The first-order chi connectivity index (χ1) is 6.93. The predicted octanol–water partition coefficient (Wildman–Crippen LogP) is 1.88. The topological polar surface area (TPSA) is 76.2 Å². The molecular weight excluding hydrogens is 230 g/mol. The van der Waals surface area contributed by atoms with Crippen molar-refractivity contribution in [2.75, 3.05) is 5.73 Å². The summed E-state index contributed by atoms with van der Waals surface area (Å²) in [6.07, 6.45) is -2.39. The summed E-state index contributed by atoms with van der Waals surface area (Å²) in [4.78, 5) is 14.0. The Balaban J connectivity index is 3.22. The highest BCUT2D eigenvalue weighted by molar-refractivity contribution is 6.31. The van der Waals surface area contributed by atoms with Crippen molar-refractivity contribution in [3.05, 3.63) is 22.5 Å². The molecule has 0 saturated carbocycles. The third-order valence-corrected chi connectivity index (χ3v) is 2.03. The molecule has 1 aromatic rings. The number of nitrogen functional groups attached to an aromatic ring is 1. The maximum Gasteiger partial charge on any atom is 0.309 e. The second kappa shape index (κ2) is 4.39. The van der Waals surface area contributed by atoms with Crippen molar-refractivity contribution in [1.82, 2.24) is 4.98 Å². The van der Waals surface area contributed by atoms with Gasteiger partial charge in [-0.1, -0.05) is 11.6 Å². The van der Waals surface area contributed by atoms with Gasteiger partial charge in [0.15, 0.2) is 0 Å². The molecular formula is C8H7ClF2N2O2. The monoisotopic (exact) mass is 236 g/mol. The van der Waals surface area contributed by atoms with Gasteiger partial charge in [0, 0.05) is 6.20 Å². The van der Waals surface area contributed by atoms with Gasteiger partial charge in [0.1, 0.15) is 0 Å². The molecule has 1 heterocycles. The minimum atomic E-state index is -2.85. The number of carboxylic acids is 1. The van der Waals surface area contributed by atoms with Crippen molar-refractivity contribution in [1.29, 1.82) is 0 Å². The molecule has 0 bridgehead atoms. The lowest BCUT2D eigenvalue weighted by Crippen LogP contribution is -2.09. The van der Waals surface area contributed by atoms with Crippen LogP contribution >= 0.6 is 11.6 Å². The van der Waals surface area contributed by atoms with E-state index < -0.39 is 24.4 Å². The molecule has 0 spiro atoms. The van der Waals surface area contributed by atoms with Gasteiger partial charge < -0.3 is 10.8 Å². The maximum atomic E-state index is 12.5. The van der Waals surface area contributed by atoms with Crippen LogP contribution in [0, 0.1) is 0 Å². The lowest BCUT2D eigenvalue weighted by molar-refractivity contribution is -0.136. The quantitative estimate of drug-likeness (QED) is 0.840. The molecule has 15 heavy (non-hydrogen) atoms. The van der Waals surface area contributed by atoms with Crippen LogP contribution in [-0.4, -0.2) is 16.1 Å². The highest BCUT2D eigenvalue weighted by Gasteiger charge is 2.20. The lowest BCUT2D eigenvalue weighted by atomic mass is 10.1. The first kappa shape index (κ1) is 11.6. The van der Waals surface area contributed by atoms with Crippen LogP contribution in [0.25, 0.3) is 0 Å². The smallest absolute Gasteiger partial charge is 0.309 e. The molecule has 3 N–H and O–H groups in total. The summed E-state index contributed by atoms with van der Waals surface area (Å²) in [5.74, 6) is -1.20. The Hall–Kier alpha value is -1.43. The van der Waals surface area contributed by atoms with Gasteiger partial charge in [-0.2, -0.15) is 0 Å². The van der Waals surface area contributed by atoms with Gasteiger partial charge in [0.25, 0.3) is 6.43 Å². The Morgan fingerprint density at radius 2 is 2.27 bits per heavy atom.